The Kier molecular flexibility index (Phi) is 7.45. The number of aryl methyl sites for hydroxylation is 3. The van der Waals surface area contributed by atoms with E-state index in [0.717, 1.165) is 0 Å². The predicted octanol–water partition coefficient (Wildman–Crippen LogP) is 3.30. The van der Waals surface area contributed by atoms with Crippen LogP contribution >= 0.6 is 0 Å². The van der Waals surface area contributed by atoms with Gasteiger partial charge in [0.15, 0.2) is 0 Å². The molecule has 1 nitrogen and oxygen atoms in total. The molecule has 0 N–H and O–H groups in total. The van der Waals surface area contributed by atoms with Crippen LogP contribution in [-0.4, -0.2) is 0 Å². The number of benzene rings is 1. The summed E-state index contributed by atoms with van der Waals surface area (Å²) in [6, 6.07) is 6.50. The lowest BCUT2D eigenvalue weighted by atomic mass is 10.1. The van der Waals surface area contributed by atoms with Crippen LogP contribution in [0.5, 0.6) is 0 Å². The summed E-state index contributed by atoms with van der Waals surface area (Å²) in [5.74, 6) is 0. The van der Waals surface area contributed by atoms with Gasteiger partial charge >= 0.3 is 0 Å². The monoisotopic (exact) mass is 164 g/mol. The minimum atomic E-state index is 0. The van der Waals surface area contributed by atoms with Crippen LogP contribution in [0.1, 0.15) is 16.7 Å². The van der Waals surface area contributed by atoms with E-state index < -0.39 is 0 Å². The standard InChI is InChI=1S/C9H12.C2H4.O/c1-7-4-5-8(2)9(3)6-7;1-2;/h4-6H,1-3H3;1-2H2;. The van der Waals surface area contributed by atoms with Gasteiger partial charge in [-0.15, -0.1) is 13.2 Å². The van der Waals surface area contributed by atoms with Gasteiger partial charge in [0.2, 0.25) is 0 Å². The molecule has 66 valence electrons. The zero-order chi connectivity index (χ0) is 8.85. The third kappa shape index (κ3) is 3.94. The van der Waals surface area contributed by atoms with Gasteiger partial charge in [-0.05, 0) is 31.9 Å². The molecule has 0 aliphatic heterocycles. The van der Waals surface area contributed by atoms with Gasteiger partial charge < -0.3 is 0 Å². The lowest BCUT2D eigenvalue weighted by molar-refractivity contribution is 0.686. The van der Waals surface area contributed by atoms with E-state index in [0.29, 0.717) is 0 Å². The van der Waals surface area contributed by atoms with Gasteiger partial charge in [0, 0.05) is 5.48 Å². The summed E-state index contributed by atoms with van der Waals surface area (Å²) in [7, 11) is 0. The highest BCUT2D eigenvalue weighted by Crippen LogP contribution is 2.07. The summed E-state index contributed by atoms with van der Waals surface area (Å²) in [4.78, 5) is 0. The largest absolute Gasteiger partial charge is 0.106 e. The van der Waals surface area contributed by atoms with Gasteiger partial charge in [0.05, 0.1) is 0 Å². The summed E-state index contributed by atoms with van der Waals surface area (Å²) in [6.07, 6.45) is 0. The van der Waals surface area contributed by atoms with Crippen LogP contribution in [0.4, 0.5) is 0 Å². The molecule has 1 aromatic rings. The van der Waals surface area contributed by atoms with E-state index in [9.17, 15) is 0 Å². The van der Waals surface area contributed by atoms with Gasteiger partial charge in [-0.3, -0.25) is 0 Å². The molecule has 0 amide bonds. The molecule has 0 heterocycles. The zero-order valence-corrected chi connectivity index (χ0v) is 8.05. The highest BCUT2D eigenvalue weighted by atomic mass is 16.0. The Hall–Kier alpha value is -1.08. The number of hydrogen-bond donors (Lipinski definition) is 0. The molecule has 0 saturated carbocycles. The molecule has 0 unspecified atom stereocenters. The van der Waals surface area contributed by atoms with Crippen molar-refractivity contribution in [2.75, 3.05) is 0 Å². The van der Waals surface area contributed by atoms with Crippen molar-refractivity contribution in [1.82, 2.24) is 0 Å². The van der Waals surface area contributed by atoms with E-state index in [1.807, 2.05) is 0 Å². The molecule has 0 atom stereocenters. The Balaban J connectivity index is 0. The lowest BCUT2D eigenvalue weighted by Gasteiger charge is -1.98. The summed E-state index contributed by atoms with van der Waals surface area (Å²) < 4.78 is 0. The fraction of sp³-hybridized carbons (Fsp3) is 0.273. The van der Waals surface area contributed by atoms with Crippen molar-refractivity contribution in [3.8, 4) is 0 Å². The van der Waals surface area contributed by atoms with Crippen LogP contribution < -0.4 is 0 Å². The molecule has 0 aliphatic rings. The van der Waals surface area contributed by atoms with Crippen LogP contribution in [0, 0.1) is 20.8 Å². The third-order valence-corrected chi connectivity index (χ3v) is 1.66. The molecule has 2 radical (unpaired) electrons. The van der Waals surface area contributed by atoms with E-state index in [1.165, 1.54) is 16.7 Å². The summed E-state index contributed by atoms with van der Waals surface area (Å²) in [5.41, 5.74) is 4.11. The fourth-order valence-electron chi connectivity index (χ4n) is 0.891. The van der Waals surface area contributed by atoms with Crippen molar-refractivity contribution < 1.29 is 5.48 Å². The average Bonchev–Trinajstić information content (AvgIpc) is 2.02. The normalized spacial score (nSPS) is 7.58. The Morgan fingerprint density at radius 3 is 1.75 bits per heavy atom. The number of hydrogen-bond acceptors (Lipinski definition) is 0. The highest BCUT2D eigenvalue weighted by molar-refractivity contribution is 5.28. The van der Waals surface area contributed by atoms with Crippen molar-refractivity contribution >= 4 is 0 Å². The molecule has 1 heteroatoms. The Morgan fingerprint density at radius 2 is 1.42 bits per heavy atom. The molecular weight excluding hydrogens is 148 g/mol. The highest BCUT2D eigenvalue weighted by Gasteiger charge is 1.89. The van der Waals surface area contributed by atoms with Crippen molar-refractivity contribution in [1.29, 1.82) is 0 Å². The topological polar surface area (TPSA) is 28.5 Å². The first-order valence-corrected chi connectivity index (χ1v) is 3.74. The Labute approximate surface area is 75.1 Å². The molecule has 0 bridgehead atoms. The second kappa shape index (κ2) is 6.62. The summed E-state index contributed by atoms with van der Waals surface area (Å²) in [5, 5.41) is 0. The van der Waals surface area contributed by atoms with Crippen molar-refractivity contribution in [3.63, 3.8) is 0 Å². The minimum absolute atomic E-state index is 0. The number of rotatable bonds is 0. The average molecular weight is 164 g/mol. The molecule has 0 aliphatic carbocycles. The van der Waals surface area contributed by atoms with Crippen molar-refractivity contribution in [2.24, 2.45) is 0 Å². The molecule has 1 rings (SSSR count). The first kappa shape index (κ1) is 13.5. The van der Waals surface area contributed by atoms with Gasteiger partial charge in [-0.2, -0.15) is 0 Å². The summed E-state index contributed by atoms with van der Waals surface area (Å²) >= 11 is 0. The molecule has 1 aromatic carbocycles. The maximum absolute atomic E-state index is 3.00. The summed E-state index contributed by atoms with van der Waals surface area (Å²) in [6.45, 7) is 12.4. The van der Waals surface area contributed by atoms with Crippen LogP contribution in [0.25, 0.3) is 0 Å². The van der Waals surface area contributed by atoms with E-state index in [2.05, 4.69) is 52.1 Å². The molecule has 12 heavy (non-hydrogen) atoms. The molecule has 0 saturated heterocycles. The minimum Gasteiger partial charge on any atom is -0.106 e. The van der Waals surface area contributed by atoms with Gasteiger partial charge in [0.25, 0.3) is 0 Å². The van der Waals surface area contributed by atoms with Crippen LogP contribution in [0.3, 0.4) is 0 Å². The second-order valence-electron chi connectivity index (χ2n) is 2.59. The van der Waals surface area contributed by atoms with Gasteiger partial charge in [-0.25, -0.2) is 0 Å². The Morgan fingerprint density at radius 1 is 0.917 bits per heavy atom. The maximum Gasteiger partial charge on any atom is 0 e. The zero-order valence-electron chi connectivity index (χ0n) is 8.05. The quantitative estimate of drug-likeness (QED) is 0.526. The van der Waals surface area contributed by atoms with E-state index in [-0.39, 0.29) is 5.48 Å². The molecule has 0 spiro atoms. The van der Waals surface area contributed by atoms with Crippen molar-refractivity contribution in [3.05, 3.63) is 48.0 Å². The molecule has 0 aromatic heterocycles. The molecular formula is C11H16O. The smallest absolute Gasteiger partial charge is 0 e. The van der Waals surface area contributed by atoms with Crippen LogP contribution in [-0.2, 0) is 5.48 Å². The van der Waals surface area contributed by atoms with Crippen LogP contribution in [0.2, 0.25) is 0 Å². The fourth-order valence-corrected chi connectivity index (χ4v) is 0.891. The first-order chi connectivity index (χ1) is 5.20. The second-order valence-corrected chi connectivity index (χ2v) is 2.59. The Bertz CT molecular complexity index is 228. The van der Waals surface area contributed by atoms with Gasteiger partial charge in [0.1, 0.15) is 0 Å². The van der Waals surface area contributed by atoms with E-state index in [1.54, 1.807) is 0 Å². The predicted molar refractivity (Wildman–Crippen MR) is 52.6 cm³/mol. The maximum atomic E-state index is 3.00. The first-order valence-electron chi connectivity index (χ1n) is 3.74. The SMILES string of the molecule is C=C.Cc1ccc(C)c(C)c1.[O]. The lowest BCUT2D eigenvalue weighted by Crippen LogP contribution is -1.79. The van der Waals surface area contributed by atoms with Crippen molar-refractivity contribution in [2.45, 2.75) is 20.8 Å². The van der Waals surface area contributed by atoms with E-state index >= 15 is 0 Å². The van der Waals surface area contributed by atoms with Crippen LogP contribution in [0.15, 0.2) is 31.4 Å². The van der Waals surface area contributed by atoms with E-state index in [4.69, 9.17) is 0 Å². The third-order valence-electron chi connectivity index (χ3n) is 1.66. The molecule has 0 fully saturated rings. The van der Waals surface area contributed by atoms with Gasteiger partial charge in [-0.1, -0.05) is 23.8 Å².